The minimum absolute atomic E-state index is 0.975. The molecule has 0 radical (unpaired) electrons. The second kappa shape index (κ2) is 13.5. The first kappa shape index (κ1) is 14.5. The standard InChI is InChI=1S/C12H22Se2/c1-3-5-7-9-11-13-14-12-10-8-6-4-2/h3-4H,1-2,5-12H2. The van der Waals surface area contributed by atoms with Crippen molar-refractivity contribution in [2.24, 2.45) is 0 Å². The zero-order valence-electron chi connectivity index (χ0n) is 9.04. The zero-order valence-corrected chi connectivity index (χ0v) is 12.5. The van der Waals surface area contributed by atoms with Crippen LogP contribution in [0.5, 0.6) is 0 Å². The molecule has 0 aromatic carbocycles. The van der Waals surface area contributed by atoms with E-state index >= 15 is 0 Å². The third-order valence-corrected chi connectivity index (χ3v) is 9.57. The van der Waals surface area contributed by atoms with E-state index in [4.69, 9.17) is 0 Å². The van der Waals surface area contributed by atoms with E-state index in [9.17, 15) is 0 Å². The number of hydrogen-bond donors (Lipinski definition) is 0. The Labute approximate surface area is 100 Å². The maximum atomic E-state index is 3.74. The van der Waals surface area contributed by atoms with E-state index in [2.05, 4.69) is 13.2 Å². The van der Waals surface area contributed by atoms with Crippen molar-refractivity contribution in [2.45, 2.75) is 49.2 Å². The molecular weight excluding hydrogens is 302 g/mol. The van der Waals surface area contributed by atoms with Gasteiger partial charge < -0.3 is 0 Å². The second-order valence-electron chi connectivity index (χ2n) is 3.21. The van der Waals surface area contributed by atoms with Crippen LogP contribution in [0.1, 0.15) is 38.5 Å². The molecule has 0 aliphatic carbocycles. The second-order valence-corrected chi connectivity index (χ2v) is 11.1. The van der Waals surface area contributed by atoms with E-state index in [1.807, 2.05) is 12.2 Å². The molecule has 0 rings (SSSR count). The summed E-state index contributed by atoms with van der Waals surface area (Å²) in [5, 5.41) is 3.00. The van der Waals surface area contributed by atoms with Crippen LogP contribution in [-0.2, 0) is 0 Å². The van der Waals surface area contributed by atoms with E-state index in [0.29, 0.717) is 0 Å². The fourth-order valence-electron chi connectivity index (χ4n) is 1.02. The van der Waals surface area contributed by atoms with Crippen LogP contribution in [0.15, 0.2) is 25.3 Å². The van der Waals surface area contributed by atoms with Gasteiger partial charge in [-0.2, -0.15) is 0 Å². The van der Waals surface area contributed by atoms with Crippen LogP contribution in [0.4, 0.5) is 0 Å². The molecule has 0 aliphatic heterocycles. The summed E-state index contributed by atoms with van der Waals surface area (Å²) in [4.78, 5) is 0. The average Bonchev–Trinajstić information content (AvgIpc) is 2.21. The first-order valence-electron chi connectivity index (χ1n) is 5.38. The molecule has 0 nitrogen and oxygen atoms in total. The van der Waals surface area contributed by atoms with Gasteiger partial charge in [-0.25, -0.2) is 0 Å². The van der Waals surface area contributed by atoms with Crippen LogP contribution < -0.4 is 0 Å². The van der Waals surface area contributed by atoms with Crippen molar-refractivity contribution in [2.75, 3.05) is 0 Å². The van der Waals surface area contributed by atoms with Crippen molar-refractivity contribution >= 4 is 26.3 Å². The van der Waals surface area contributed by atoms with E-state index in [1.165, 1.54) is 49.2 Å². The van der Waals surface area contributed by atoms with Gasteiger partial charge in [0.15, 0.2) is 0 Å². The molecule has 0 bridgehead atoms. The Morgan fingerprint density at radius 3 is 1.50 bits per heavy atom. The fraction of sp³-hybridized carbons (Fsp3) is 0.667. The van der Waals surface area contributed by atoms with Gasteiger partial charge in [-0.1, -0.05) is 0 Å². The van der Waals surface area contributed by atoms with Gasteiger partial charge in [0.2, 0.25) is 0 Å². The Balaban J connectivity index is 2.84. The van der Waals surface area contributed by atoms with Crippen molar-refractivity contribution in [1.29, 1.82) is 0 Å². The number of unbranched alkanes of at least 4 members (excludes halogenated alkanes) is 4. The molecule has 0 aromatic heterocycles. The van der Waals surface area contributed by atoms with Crippen LogP contribution in [0, 0.1) is 0 Å². The van der Waals surface area contributed by atoms with Crippen LogP contribution in [0.3, 0.4) is 0 Å². The van der Waals surface area contributed by atoms with E-state index in [-0.39, 0.29) is 0 Å². The van der Waals surface area contributed by atoms with Crippen molar-refractivity contribution in [3.05, 3.63) is 25.3 Å². The maximum absolute atomic E-state index is 3.74. The van der Waals surface area contributed by atoms with Gasteiger partial charge >= 0.3 is 101 Å². The zero-order chi connectivity index (χ0) is 10.5. The summed E-state index contributed by atoms with van der Waals surface area (Å²) in [6.45, 7) is 7.47. The Morgan fingerprint density at radius 1 is 0.714 bits per heavy atom. The third-order valence-electron chi connectivity index (χ3n) is 1.86. The summed E-state index contributed by atoms with van der Waals surface area (Å²) in [5.74, 6) is 0. The number of rotatable bonds is 11. The monoisotopic (exact) mass is 326 g/mol. The molecule has 0 fully saturated rings. The normalized spacial score (nSPS) is 10.0. The van der Waals surface area contributed by atoms with E-state index in [1.54, 1.807) is 0 Å². The number of allylic oxidation sites excluding steroid dienone is 2. The van der Waals surface area contributed by atoms with Crippen molar-refractivity contribution in [1.82, 2.24) is 0 Å². The van der Waals surface area contributed by atoms with Crippen molar-refractivity contribution < 1.29 is 0 Å². The molecule has 0 saturated carbocycles. The predicted molar refractivity (Wildman–Crippen MR) is 69.2 cm³/mol. The SMILES string of the molecule is C=CCCCC[Se][Se]CCCCC=C. The minimum atomic E-state index is 0.975. The summed E-state index contributed by atoms with van der Waals surface area (Å²) >= 11 is 1.95. The summed E-state index contributed by atoms with van der Waals surface area (Å²) < 4.78 is 0. The van der Waals surface area contributed by atoms with E-state index < -0.39 is 0 Å². The van der Waals surface area contributed by atoms with Crippen molar-refractivity contribution in [3.63, 3.8) is 0 Å². The Kier molecular flexibility index (Phi) is 14.0. The van der Waals surface area contributed by atoms with E-state index in [0.717, 1.165) is 26.3 Å². The first-order valence-corrected chi connectivity index (χ1v) is 12.1. The topological polar surface area (TPSA) is 0 Å². The molecule has 0 aromatic rings. The molecule has 0 amide bonds. The number of hydrogen-bond acceptors (Lipinski definition) is 0. The van der Waals surface area contributed by atoms with Crippen LogP contribution in [0.2, 0.25) is 10.6 Å². The molecule has 0 atom stereocenters. The summed E-state index contributed by atoms with van der Waals surface area (Å²) in [5.41, 5.74) is 0. The van der Waals surface area contributed by atoms with Gasteiger partial charge in [-0.15, -0.1) is 0 Å². The Hall–Kier alpha value is 0.519. The van der Waals surface area contributed by atoms with Gasteiger partial charge in [0.25, 0.3) is 0 Å². The molecule has 0 unspecified atom stereocenters. The third kappa shape index (κ3) is 12.5. The molecule has 0 N–H and O–H groups in total. The fourth-order valence-corrected chi connectivity index (χ4v) is 8.00. The van der Waals surface area contributed by atoms with Gasteiger partial charge in [0.05, 0.1) is 0 Å². The molecule has 2 heteroatoms. The molecular formula is C12H22Se2. The summed E-state index contributed by atoms with van der Waals surface area (Å²) in [6.07, 6.45) is 12.1. The van der Waals surface area contributed by atoms with Crippen LogP contribution in [0.25, 0.3) is 0 Å². The predicted octanol–water partition coefficient (Wildman–Crippen LogP) is 3.86. The molecule has 0 heterocycles. The van der Waals surface area contributed by atoms with Crippen molar-refractivity contribution in [3.8, 4) is 0 Å². The first-order chi connectivity index (χ1) is 6.91. The van der Waals surface area contributed by atoms with Gasteiger partial charge in [-0.05, 0) is 0 Å². The van der Waals surface area contributed by atoms with Gasteiger partial charge in [-0.3, -0.25) is 0 Å². The molecule has 0 saturated heterocycles. The quantitative estimate of drug-likeness (QED) is 0.308. The average molecular weight is 324 g/mol. The molecule has 0 spiro atoms. The summed E-state index contributed by atoms with van der Waals surface area (Å²) in [6, 6.07) is 0. The van der Waals surface area contributed by atoms with Gasteiger partial charge in [0, 0.05) is 0 Å². The van der Waals surface area contributed by atoms with Crippen LogP contribution in [-0.4, -0.2) is 26.3 Å². The molecule has 14 heavy (non-hydrogen) atoms. The van der Waals surface area contributed by atoms with Gasteiger partial charge in [0.1, 0.15) is 0 Å². The summed E-state index contributed by atoms with van der Waals surface area (Å²) in [7, 11) is 0. The molecule has 82 valence electrons. The molecule has 0 aliphatic rings. The Morgan fingerprint density at radius 2 is 1.14 bits per heavy atom. The van der Waals surface area contributed by atoms with Crippen LogP contribution >= 0.6 is 0 Å². The Bertz CT molecular complexity index is 116.